The van der Waals surface area contributed by atoms with Gasteiger partial charge in [0.05, 0.1) is 12.6 Å². The molecule has 66 valence electrons. The average molecular weight is 165 g/mol. The summed E-state index contributed by atoms with van der Waals surface area (Å²) in [6.45, 7) is 0.685. The first-order valence-electron chi connectivity index (χ1n) is 3.84. The molecule has 0 amide bonds. The van der Waals surface area contributed by atoms with E-state index < -0.39 is 12.0 Å². The lowest BCUT2D eigenvalue weighted by atomic mass is 10.0. The number of hydrogen-bond donors (Lipinski definition) is 1. The van der Waals surface area contributed by atoms with Gasteiger partial charge in [0, 0.05) is 13.0 Å². The summed E-state index contributed by atoms with van der Waals surface area (Å²) in [6.07, 6.45) is 0.748. The molecule has 0 spiro atoms. The van der Waals surface area contributed by atoms with Crippen LogP contribution in [0.5, 0.6) is 0 Å². The van der Waals surface area contributed by atoms with E-state index in [2.05, 4.69) is 0 Å². The first kappa shape index (κ1) is 8.87. The van der Waals surface area contributed by atoms with E-state index in [9.17, 15) is 8.78 Å². The van der Waals surface area contributed by atoms with E-state index in [1.165, 1.54) is 0 Å². The smallest absolute Gasteiger partial charge is 0.265 e. The quantitative estimate of drug-likeness (QED) is 0.584. The molecule has 1 fully saturated rings. The van der Waals surface area contributed by atoms with Crippen molar-refractivity contribution >= 4 is 0 Å². The molecule has 1 atom stereocenters. The Morgan fingerprint density at radius 2 is 2.09 bits per heavy atom. The molecular formula is C7H13F2NO. The van der Waals surface area contributed by atoms with Gasteiger partial charge in [-0.1, -0.05) is 0 Å². The maximum absolute atomic E-state index is 12.8. The summed E-state index contributed by atoms with van der Waals surface area (Å²) in [5.41, 5.74) is 5.28. The third-order valence-electron chi connectivity index (χ3n) is 1.93. The summed E-state index contributed by atoms with van der Waals surface area (Å²) < 4.78 is 30.6. The fourth-order valence-corrected chi connectivity index (χ4v) is 1.11. The van der Waals surface area contributed by atoms with Crippen LogP contribution in [0.4, 0.5) is 8.78 Å². The zero-order valence-corrected chi connectivity index (χ0v) is 6.35. The Labute approximate surface area is 64.7 Å². The van der Waals surface area contributed by atoms with E-state index in [1.807, 2.05) is 0 Å². The number of alkyl halides is 2. The van der Waals surface area contributed by atoms with Crippen LogP contribution in [0.3, 0.4) is 0 Å². The highest BCUT2D eigenvalue weighted by atomic mass is 19.3. The Hall–Kier alpha value is -0.220. The lowest BCUT2D eigenvalue weighted by Gasteiger charge is -2.25. The van der Waals surface area contributed by atoms with Crippen LogP contribution in [-0.4, -0.2) is 25.2 Å². The standard InChI is InChI=1S/C7H13F2NO/c8-7(9)3-5-11-4-1-2-6(7)10/h6H,1-5,10H2. The Balaban J connectivity index is 2.47. The van der Waals surface area contributed by atoms with Gasteiger partial charge in [0.2, 0.25) is 0 Å². The van der Waals surface area contributed by atoms with Crippen molar-refractivity contribution in [1.29, 1.82) is 0 Å². The topological polar surface area (TPSA) is 35.2 Å². The van der Waals surface area contributed by atoms with Crippen LogP contribution in [0.2, 0.25) is 0 Å². The molecule has 1 aliphatic heterocycles. The minimum absolute atomic E-state index is 0.126. The third-order valence-corrected chi connectivity index (χ3v) is 1.93. The van der Waals surface area contributed by atoms with E-state index in [4.69, 9.17) is 10.5 Å². The molecular weight excluding hydrogens is 152 g/mol. The van der Waals surface area contributed by atoms with Crippen LogP contribution in [0.1, 0.15) is 19.3 Å². The van der Waals surface area contributed by atoms with Gasteiger partial charge in [0.25, 0.3) is 5.92 Å². The summed E-state index contributed by atoms with van der Waals surface area (Å²) in [6, 6.07) is -0.980. The Bertz CT molecular complexity index is 130. The number of halogens is 2. The molecule has 1 unspecified atom stereocenters. The maximum atomic E-state index is 12.8. The van der Waals surface area contributed by atoms with Gasteiger partial charge in [-0.3, -0.25) is 0 Å². The first-order chi connectivity index (χ1) is 5.13. The molecule has 4 heteroatoms. The maximum Gasteiger partial charge on any atom is 0.265 e. The van der Waals surface area contributed by atoms with Crippen molar-refractivity contribution < 1.29 is 13.5 Å². The van der Waals surface area contributed by atoms with Crippen LogP contribution in [-0.2, 0) is 4.74 Å². The normalized spacial score (nSPS) is 32.5. The van der Waals surface area contributed by atoms with Gasteiger partial charge in [-0.2, -0.15) is 0 Å². The van der Waals surface area contributed by atoms with Gasteiger partial charge in [0.15, 0.2) is 0 Å². The van der Waals surface area contributed by atoms with Crippen LogP contribution in [0.15, 0.2) is 0 Å². The molecule has 0 aromatic heterocycles. The molecule has 1 saturated heterocycles. The summed E-state index contributed by atoms with van der Waals surface area (Å²) in [7, 11) is 0. The van der Waals surface area contributed by atoms with Crippen LogP contribution in [0.25, 0.3) is 0 Å². The fourth-order valence-electron chi connectivity index (χ4n) is 1.11. The summed E-state index contributed by atoms with van der Waals surface area (Å²) in [4.78, 5) is 0. The van der Waals surface area contributed by atoms with Gasteiger partial charge in [-0.05, 0) is 12.8 Å². The second-order valence-corrected chi connectivity index (χ2v) is 2.87. The molecule has 2 N–H and O–H groups in total. The molecule has 0 bridgehead atoms. The Kier molecular flexibility index (Phi) is 2.78. The average Bonchev–Trinajstić information content (AvgIpc) is 1.93. The number of hydrogen-bond acceptors (Lipinski definition) is 2. The molecule has 2 nitrogen and oxygen atoms in total. The summed E-state index contributed by atoms with van der Waals surface area (Å²) >= 11 is 0. The number of nitrogens with two attached hydrogens (primary N) is 1. The monoisotopic (exact) mass is 165 g/mol. The molecule has 1 heterocycles. The summed E-state index contributed by atoms with van der Waals surface area (Å²) in [5, 5.41) is 0. The van der Waals surface area contributed by atoms with Gasteiger partial charge < -0.3 is 10.5 Å². The molecule has 0 saturated carbocycles. The zero-order chi connectivity index (χ0) is 8.32. The SMILES string of the molecule is NC1CCCOCCC1(F)F. The van der Waals surface area contributed by atoms with Gasteiger partial charge in [-0.15, -0.1) is 0 Å². The van der Waals surface area contributed by atoms with Crippen LogP contribution >= 0.6 is 0 Å². The predicted octanol–water partition coefficient (Wildman–Crippen LogP) is 1.15. The molecule has 1 aliphatic rings. The zero-order valence-electron chi connectivity index (χ0n) is 6.35. The highest BCUT2D eigenvalue weighted by Crippen LogP contribution is 2.25. The minimum Gasteiger partial charge on any atom is -0.381 e. The largest absolute Gasteiger partial charge is 0.381 e. The summed E-state index contributed by atoms with van der Waals surface area (Å²) in [5.74, 6) is -2.74. The Morgan fingerprint density at radius 3 is 2.82 bits per heavy atom. The lowest BCUT2D eigenvalue weighted by molar-refractivity contribution is -0.0680. The molecule has 0 aliphatic carbocycles. The van der Waals surface area contributed by atoms with Crippen LogP contribution in [0, 0.1) is 0 Å². The molecule has 0 radical (unpaired) electrons. The molecule has 11 heavy (non-hydrogen) atoms. The second kappa shape index (κ2) is 3.45. The Morgan fingerprint density at radius 1 is 1.36 bits per heavy atom. The van der Waals surface area contributed by atoms with Crippen molar-refractivity contribution in [3.05, 3.63) is 0 Å². The van der Waals surface area contributed by atoms with Crippen molar-refractivity contribution in [2.24, 2.45) is 5.73 Å². The van der Waals surface area contributed by atoms with Crippen molar-refractivity contribution in [3.8, 4) is 0 Å². The highest BCUT2D eigenvalue weighted by molar-refractivity contribution is 4.81. The van der Waals surface area contributed by atoms with Crippen LogP contribution < -0.4 is 5.73 Å². The van der Waals surface area contributed by atoms with Crippen molar-refractivity contribution in [2.45, 2.75) is 31.2 Å². The lowest BCUT2D eigenvalue weighted by Crippen LogP contribution is -2.42. The predicted molar refractivity (Wildman–Crippen MR) is 37.6 cm³/mol. The van der Waals surface area contributed by atoms with E-state index in [0.717, 1.165) is 0 Å². The highest BCUT2D eigenvalue weighted by Gasteiger charge is 2.36. The van der Waals surface area contributed by atoms with Crippen molar-refractivity contribution in [3.63, 3.8) is 0 Å². The van der Waals surface area contributed by atoms with E-state index >= 15 is 0 Å². The number of ether oxygens (including phenoxy) is 1. The minimum atomic E-state index is -2.74. The number of rotatable bonds is 0. The van der Waals surface area contributed by atoms with Crippen molar-refractivity contribution in [2.75, 3.05) is 13.2 Å². The third kappa shape index (κ3) is 2.38. The fraction of sp³-hybridized carbons (Fsp3) is 1.00. The molecule has 0 aromatic carbocycles. The van der Waals surface area contributed by atoms with Gasteiger partial charge >= 0.3 is 0 Å². The second-order valence-electron chi connectivity index (χ2n) is 2.87. The van der Waals surface area contributed by atoms with Crippen molar-refractivity contribution in [1.82, 2.24) is 0 Å². The van der Waals surface area contributed by atoms with Gasteiger partial charge in [0.1, 0.15) is 0 Å². The first-order valence-corrected chi connectivity index (χ1v) is 3.84. The van der Waals surface area contributed by atoms with Gasteiger partial charge in [-0.25, -0.2) is 8.78 Å². The molecule has 1 rings (SSSR count). The molecule has 0 aromatic rings. The van der Waals surface area contributed by atoms with E-state index in [-0.39, 0.29) is 13.0 Å². The van der Waals surface area contributed by atoms with E-state index in [0.29, 0.717) is 19.4 Å². The van der Waals surface area contributed by atoms with E-state index in [1.54, 1.807) is 0 Å².